The summed E-state index contributed by atoms with van der Waals surface area (Å²) in [5.41, 5.74) is 5.22. The minimum atomic E-state index is -0.685. The van der Waals surface area contributed by atoms with Crippen molar-refractivity contribution in [2.75, 3.05) is 13.1 Å². The van der Waals surface area contributed by atoms with Crippen molar-refractivity contribution in [1.29, 1.82) is 0 Å². The molecule has 0 aromatic heterocycles. The highest BCUT2D eigenvalue weighted by molar-refractivity contribution is 4.95. The number of nitrogens with two attached hydrogens (primary N) is 1. The summed E-state index contributed by atoms with van der Waals surface area (Å²) in [4.78, 5) is 1.70. The number of likely N-dealkylation sites (tertiary alicyclic amines) is 1. The highest BCUT2D eigenvalue weighted by Crippen LogP contribution is 2.12. The minimum Gasteiger partial charge on any atom is -0.386 e. The third kappa shape index (κ3) is 0.757. The van der Waals surface area contributed by atoms with Crippen LogP contribution in [0.25, 0.3) is 0 Å². The standard InChI is InChI=1S/C5H9FN2/c1-4(7)8-2-5(6)3-8/h5H,1-3,7H2. The Morgan fingerprint density at radius 3 is 2.38 bits per heavy atom. The molecule has 0 unspecified atom stereocenters. The first kappa shape index (κ1) is 5.41. The van der Waals surface area contributed by atoms with Gasteiger partial charge in [0.25, 0.3) is 0 Å². The van der Waals surface area contributed by atoms with E-state index in [2.05, 4.69) is 6.58 Å². The van der Waals surface area contributed by atoms with Crippen molar-refractivity contribution in [3.63, 3.8) is 0 Å². The molecule has 1 fully saturated rings. The van der Waals surface area contributed by atoms with Crippen LogP contribution in [0.1, 0.15) is 0 Å². The molecule has 1 aliphatic rings. The molecule has 1 aliphatic heterocycles. The zero-order chi connectivity index (χ0) is 6.15. The molecular weight excluding hydrogens is 107 g/mol. The predicted molar refractivity (Wildman–Crippen MR) is 29.8 cm³/mol. The van der Waals surface area contributed by atoms with Gasteiger partial charge in [0, 0.05) is 0 Å². The van der Waals surface area contributed by atoms with Gasteiger partial charge in [-0.05, 0) is 0 Å². The Morgan fingerprint density at radius 1 is 1.75 bits per heavy atom. The monoisotopic (exact) mass is 116 g/mol. The largest absolute Gasteiger partial charge is 0.386 e. The Hall–Kier alpha value is -0.730. The van der Waals surface area contributed by atoms with Crippen molar-refractivity contribution in [3.8, 4) is 0 Å². The topological polar surface area (TPSA) is 29.3 Å². The lowest BCUT2D eigenvalue weighted by Gasteiger charge is -2.35. The summed E-state index contributed by atoms with van der Waals surface area (Å²) in [6.45, 7) is 4.30. The number of nitrogens with zero attached hydrogens (tertiary/aromatic N) is 1. The van der Waals surface area contributed by atoms with Gasteiger partial charge in [0.15, 0.2) is 0 Å². The summed E-state index contributed by atoms with van der Waals surface area (Å²) >= 11 is 0. The first-order valence-corrected chi connectivity index (χ1v) is 2.53. The van der Waals surface area contributed by atoms with Crippen LogP contribution in [-0.2, 0) is 0 Å². The SMILES string of the molecule is C=C(N)N1CC(F)C1. The van der Waals surface area contributed by atoms with Crippen LogP contribution in [0, 0.1) is 0 Å². The van der Waals surface area contributed by atoms with Crippen LogP contribution in [-0.4, -0.2) is 24.2 Å². The summed E-state index contributed by atoms with van der Waals surface area (Å²) in [7, 11) is 0. The number of hydrogen-bond acceptors (Lipinski definition) is 2. The van der Waals surface area contributed by atoms with Crippen molar-refractivity contribution < 1.29 is 4.39 Å². The number of rotatable bonds is 1. The second-order valence-electron chi connectivity index (χ2n) is 1.99. The average molecular weight is 116 g/mol. The molecule has 2 nitrogen and oxygen atoms in total. The fraction of sp³-hybridized carbons (Fsp3) is 0.600. The normalized spacial score (nSPS) is 20.4. The molecule has 0 aromatic rings. The maximum atomic E-state index is 12.0. The molecule has 0 bridgehead atoms. The van der Waals surface area contributed by atoms with Gasteiger partial charge in [-0.3, -0.25) is 0 Å². The summed E-state index contributed by atoms with van der Waals surface area (Å²) in [5, 5.41) is 0. The van der Waals surface area contributed by atoms with E-state index in [1.165, 1.54) is 0 Å². The number of alkyl halides is 1. The van der Waals surface area contributed by atoms with Gasteiger partial charge in [-0.25, -0.2) is 4.39 Å². The van der Waals surface area contributed by atoms with Crippen LogP contribution >= 0.6 is 0 Å². The molecule has 0 aromatic carbocycles. The molecule has 1 rings (SSSR count). The lowest BCUT2D eigenvalue weighted by Crippen LogP contribution is -2.48. The van der Waals surface area contributed by atoms with Crippen LogP contribution in [0.3, 0.4) is 0 Å². The number of hydrogen-bond donors (Lipinski definition) is 1. The van der Waals surface area contributed by atoms with Crippen molar-refractivity contribution >= 4 is 0 Å². The average Bonchev–Trinajstić information content (AvgIpc) is 1.57. The molecule has 8 heavy (non-hydrogen) atoms. The predicted octanol–water partition coefficient (Wildman–Crippen LogP) is 0.0700. The molecule has 3 heteroatoms. The minimum absolute atomic E-state index is 0.426. The highest BCUT2D eigenvalue weighted by Gasteiger charge is 2.25. The molecule has 1 heterocycles. The maximum Gasteiger partial charge on any atom is 0.135 e. The van der Waals surface area contributed by atoms with E-state index in [-0.39, 0.29) is 0 Å². The van der Waals surface area contributed by atoms with Gasteiger partial charge >= 0.3 is 0 Å². The third-order valence-corrected chi connectivity index (χ3v) is 1.24. The van der Waals surface area contributed by atoms with Gasteiger partial charge in [-0.1, -0.05) is 6.58 Å². The summed E-state index contributed by atoms with van der Waals surface area (Å²) in [5.74, 6) is 0.471. The lowest BCUT2D eigenvalue weighted by molar-refractivity contribution is 0.0973. The van der Waals surface area contributed by atoms with Crippen LogP contribution in [0.2, 0.25) is 0 Å². The van der Waals surface area contributed by atoms with Crippen LogP contribution < -0.4 is 5.73 Å². The molecule has 0 atom stereocenters. The van der Waals surface area contributed by atoms with Gasteiger partial charge in [-0.15, -0.1) is 0 Å². The van der Waals surface area contributed by atoms with Gasteiger partial charge in [-0.2, -0.15) is 0 Å². The van der Waals surface area contributed by atoms with E-state index in [0.29, 0.717) is 18.9 Å². The summed E-state index contributed by atoms with van der Waals surface area (Å²) in [6.07, 6.45) is -0.685. The molecule has 0 aliphatic carbocycles. The fourth-order valence-electron chi connectivity index (χ4n) is 0.659. The first-order chi connectivity index (χ1) is 3.70. The van der Waals surface area contributed by atoms with Crippen LogP contribution in [0.5, 0.6) is 0 Å². The molecule has 46 valence electrons. The van der Waals surface area contributed by atoms with Crippen LogP contribution in [0.4, 0.5) is 4.39 Å². The molecule has 0 spiro atoms. The fourth-order valence-corrected chi connectivity index (χ4v) is 0.659. The molecular formula is C5H9FN2. The van der Waals surface area contributed by atoms with Gasteiger partial charge in [0.2, 0.25) is 0 Å². The van der Waals surface area contributed by atoms with E-state index in [9.17, 15) is 4.39 Å². The van der Waals surface area contributed by atoms with Crippen molar-refractivity contribution in [3.05, 3.63) is 12.4 Å². The van der Waals surface area contributed by atoms with Crippen LogP contribution in [0.15, 0.2) is 12.4 Å². The zero-order valence-electron chi connectivity index (χ0n) is 4.60. The Labute approximate surface area is 47.8 Å². The molecule has 1 saturated heterocycles. The summed E-state index contributed by atoms with van der Waals surface area (Å²) < 4.78 is 12.0. The van der Waals surface area contributed by atoms with Gasteiger partial charge in [0.1, 0.15) is 6.17 Å². The van der Waals surface area contributed by atoms with Crippen molar-refractivity contribution in [2.24, 2.45) is 5.73 Å². The molecule has 0 saturated carbocycles. The zero-order valence-corrected chi connectivity index (χ0v) is 4.60. The Kier molecular flexibility index (Phi) is 1.12. The van der Waals surface area contributed by atoms with E-state index in [4.69, 9.17) is 5.73 Å². The van der Waals surface area contributed by atoms with E-state index in [1.54, 1.807) is 4.90 Å². The smallest absolute Gasteiger partial charge is 0.135 e. The highest BCUT2D eigenvalue weighted by atomic mass is 19.1. The van der Waals surface area contributed by atoms with Gasteiger partial charge < -0.3 is 10.6 Å². The Balaban J connectivity index is 2.25. The van der Waals surface area contributed by atoms with Crippen molar-refractivity contribution in [1.82, 2.24) is 4.90 Å². The Bertz CT molecular complexity index is 107. The summed E-state index contributed by atoms with van der Waals surface area (Å²) in [6, 6.07) is 0. The molecule has 2 N–H and O–H groups in total. The van der Waals surface area contributed by atoms with Gasteiger partial charge in [0.05, 0.1) is 18.9 Å². The number of halogens is 1. The van der Waals surface area contributed by atoms with E-state index in [0.717, 1.165) is 0 Å². The van der Waals surface area contributed by atoms with Crippen molar-refractivity contribution in [2.45, 2.75) is 6.17 Å². The van der Waals surface area contributed by atoms with E-state index >= 15 is 0 Å². The second kappa shape index (κ2) is 1.65. The molecule has 0 radical (unpaired) electrons. The molecule has 0 amide bonds. The second-order valence-corrected chi connectivity index (χ2v) is 1.99. The Morgan fingerprint density at radius 2 is 2.25 bits per heavy atom. The maximum absolute atomic E-state index is 12.0. The van der Waals surface area contributed by atoms with E-state index < -0.39 is 6.17 Å². The lowest BCUT2D eigenvalue weighted by atomic mass is 10.2. The third-order valence-electron chi connectivity index (χ3n) is 1.24. The first-order valence-electron chi connectivity index (χ1n) is 2.53. The van der Waals surface area contributed by atoms with E-state index in [1.807, 2.05) is 0 Å². The quantitative estimate of drug-likeness (QED) is 0.525.